The minimum atomic E-state index is -4.71. The summed E-state index contributed by atoms with van der Waals surface area (Å²) < 4.78 is 40.7. The van der Waals surface area contributed by atoms with Gasteiger partial charge in [-0.3, -0.25) is 18.7 Å². The molecule has 0 unspecified atom stereocenters. The van der Waals surface area contributed by atoms with Crippen LogP contribution in [-0.2, 0) is 31.0 Å². The Morgan fingerprint density at radius 2 is 1.82 bits per heavy atom. The van der Waals surface area contributed by atoms with Gasteiger partial charge in [0.2, 0.25) is 5.91 Å². The number of anilines is 1. The number of aromatic nitrogens is 4. The number of benzene rings is 1. The second-order valence-electron chi connectivity index (χ2n) is 7.12. The molecule has 0 atom stereocenters. The highest BCUT2D eigenvalue weighted by molar-refractivity contribution is 7.09. The van der Waals surface area contributed by atoms with E-state index in [1.807, 2.05) is 6.07 Å². The second-order valence-corrected chi connectivity index (χ2v) is 8.06. The lowest BCUT2D eigenvalue weighted by Crippen LogP contribution is -2.40. The SMILES string of the molecule is Cn1c(=O)n(Cc2csc(CC(=O)Nc3ccccc3)n2)c(=O)c2ccc(C(F)(F)F)nc21. The summed E-state index contributed by atoms with van der Waals surface area (Å²) in [6.45, 7) is -0.195. The van der Waals surface area contributed by atoms with Crippen molar-refractivity contribution >= 4 is 34.0 Å². The summed E-state index contributed by atoms with van der Waals surface area (Å²) >= 11 is 1.20. The number of hydrogen-bond acceptors (Lipinski definition) is 6. The number of nitrogens with zero attached hydrogens (tertiary/aromatic N) is 4. The molecule has 0 spiro atoms. The van der Waals surface area contributed by atoms with Gasteiger partial charge in [0.1, 0.15) is 16.3 Å². The summed E-state index contributed by atoms with van der Waals surface area (Å²) in [5.74, 6) is -0.271. The maximum absolute atomic E-state index is 13.0. The van der Waals surface area contributed by atoms with Crippen LogP contribution in [0.4, 0.5) is 18.9 Å². The molecule has 0 aliphatic carbocycles. The quantitative estimate of drug-likeness (QED) is 0.479. The number of para-hydroxylation sites is 1. The first-order valence-corrected chi connectivity index (χ1v) is 10.5. The number of carbonyl (C=O) groups excluding carboxylic acids is 1. The first-order valence-electron chi connectivity index (χ1n) is 9.59. The minimum Gasteiger partial charge on any atom is -0.326 e. The van der Waals surface area contributed by atoms with Crippen molar-refractivity contribution in [2.45, 2.75) is 19.1 Å². The van der Waals surface area contributed by atoms with E-state index >= 15 is 0 Å². The van der Waals surface area contributed by atoms with Crippen LogP contribution in [0.3, 0.4) is 0 Å². The fraction of sp³-hybridized carbons (Fsp3) is 0.190. The number of nitrogens with one attached hydrogen (secondary N) is 1. The molecule has 0 bridgehead atoms. The van der Waals surface area contributed by atoms with Gasteiger partial charge in [-0.25, -0.2) is 14.8 Å². The van der Waals surface area contributed by atoms with Gasteiger partial charge in [0, 0.05) is 18.1 Å². The smallest absolute Gasteiger partial charge is 0.326 e. The number of fused-ring (bicyclic) bond motifs is 1. The molecule has 4 rings (SSSR count). The topological polar surface area (TPSA) is 98.9 Å². The van der Waals surface area contributed by atoms with Gasteiger partial charge in [0.05, 0.1) is 24.0 Å². The van der Waals surface area contributed by atoms with Crippen molar-refractivity contribution in [1.82, 2.24) is 19.1 Å². The molecule has 0 aliphatic rings. The van der Waals surface area contributed by atoms with Crippen LogP contribution in [0, 0.1) is 0 Å². The zero-order chi connectivity index (χ0) is 23.8. The molecule has 3 aromatic heterocycles. The van der Waals surface area contributed by atoms with E-state index in [-0.39, 0.29) is 29.9 Å². The van der Waals surface area contributed by atoms with E-state index in [1.165, 1.54) is 18.4 Å². The fourth-order valence-corrected chi connectivity index (χ4v) is 3.98. The van der Waals surface area contributed by atoms with Gasteiger partial charge in [-0.2, -0.15) is 13.2 Å². The molecule has 4 aromatic rings. The predicted molar refractivity (Wildman–Crippen MR) is 116 cm³/mol. The Labute approximate surface area is 188 Å². The first-order chi connectivity index (χ1) is 15.6. The molecule has 0 aliphatic heterocycles. The summed E-state index contributed by atoms with van der Waals surface area (Å²) in [6.07, 6.45) is -4.70. The minimum absolute atomic E-state index is 0.00826. The normalized spacial score (nSPS) is 11.6. The lowest BCUT2D eigenvalue weighted by Gasteiger charge is -2.11. The van der Waals surface area contributed by atoms with E-state index in [9.17, 15) is 27.6 Å². The largest absolute Gasteiger partial charge is 0.433 e. The Morgan fingerprint density at radius 1 is 1.09 bits per heavy atom. The lowest BCUT2D eigenvalue weighted by molar-refractivity contribution is -0.141. The molecule has 12 heteroatoms. The molecule has 1 aromatic carbocycles. The van der Waals surface area contributed by atoms with Crippen molar-refractivity contribution in [2.24, 2.45) is 7.05 Å². The highest BCUT2D eigenvalue weighted by Crippen LogP contribution is 2.28. The van der Waals surface area contributed by atoms with Crippen molar-refractivity contribution in [1.29, 1.82) is 0 Å². The molecule has 170 valence electrons. The van der Waals surface area contributed by atoms with Crippen LogP contribution >= 0.6 is 11.3 Å². The van der Waals surface area contributed by atoms with Crippen LogP contribution in [0.5, 0.6) is 0 Å². The van der Waals surface area contributed by atoms with Crippen molar-refractivity contribution < 1.29 is 18.0 Å². The maximum atomic E-state index is 13.0. The number of pyridine rings is 1. The monoisotopic (exact) mass is 475 g/mol. The number of amides is 1. The predicted octanol–water partition coefficient (Wildman–Crippen LogP) is 2.80. The van der Waals surface area contributed by atoms with Gasteiger partial charge in [0.15, 0.2) is 0 Å². The highest BCUT2D eigenvalue weighted by Gasteiger charge is 2.33. The second kappa shape index (κ2) is 8.62. The molecule has 0 saturated heterocycles. The van der Waals surface area contributed by atoms with Gasteiger partial charge in [0.25, 0.3) is 5.56 Å². The van der Waals surface area contributed by atoms with Crippen LogP contribution < -0.4 is 16.6 Å². The van der Waals surface area contributed by atoms with Crippen molar-refractivity contribution in [2.75, 3.05) is 5.32 Å². The van der Waals surface area contributed by atoms with E-state index < -0.39 is 23.1 Å². The van der Waals surface area contributed by atoms with Crippen LogP contribution in [0.25, 0.3) is 11.0 Å². The standard InChI is InChI=1S/C21H16F3N5O3S/c1-28-18-14(7-8-15(27-18)21(22,23)24)19(31)29(20(28)32)10-13-11-33-17(26-13)9-16(30)25-12-5-3-2-4-6-12/h2-8,11H,9-10H2,1H3,(H,25,30). The molecule has 1 amide bonds. The average Bonchev–Trinajstić information content (AvgIpc) is 3.21. The molecule has 0 radical (unpaired) electrons. The third kappa shape index (κ3) is 4.70. The summed E-state index contributed by atoms with van der Waals surface area (Å²) in [4.78, 5) is 45.4. The lowest BCUT2D eigenvalue weighted by atomic mass is 10.2. The Kier molecular flexibility index (Phi) is 5.85. The van der Waals surface area contributed by atoms with Crippen LogP contribution in [-0.4, -0.2) is 25.0 Å². The van der Waals surface area contributed by atoms with E-state index in [1.54, 1.807) is 29.6 Å². The number of hydrogen-bond donors (Lipinski definition) is 1. The molecule has 0 fully saturated rings. The molecule has 8 nitrogen and oxygen atoms in total. The third-order valence-electron chi connectivity index (χ3n) is 4.77. The van der Waals surface area contributed by atoms with Gasteiger partial charge >= 0.3 is 11.9 Å². The summed E-state index contributed by atoms with van der Waals surface area (Å²) in [5.41, 5.74) is -2.12. The number of thiazole rings is 1. The molecule has 33 heavy (non-hydrogen) atoms. The number of rotatable bonds is 5. The summed E-state index contributed by atoms with van der Waals surface area (Å²) in [7, 11) is 1.24. The van der Waals surface area contributed by atoms with Crippen molar-refractivity contribution in [3.05, 3.63) is 85.1 Å². The summed E-state index contributed by atoms with van der Waals surface area (Å²) in [6, 6.07) is 10.6. The fourth-order valence-electron chi connectivity index (χ4n) is 3.20. The van der Waals surface area contributed by atoms with E-state index in [2.05, 4.69) is 15.3 Å². The zero-order valence-electron chi connectivity index (χ0n) is 17.1. The van der Waals surface area contributed by atoms with E-state index in [0.717, 1.165) is 15.2 Å². The van der Waals surface area contributed by atoms with E-state index in [0.29, 0.717) is 22.5 Å². The van der Waals surface area contributed by atoms with Gasteiger partial charge in [-0.1, -0.05) is 18.2 Å². The third-order valence-corrected chi connectivity index (χ3v) is 5.66. The molecule has 0 saturated carbocycles. The van der Waals surface area contributed by atoms with Crippen molar-refractivity contribution in [3.63, 3.8) is 0 Å². The number of halogens is 3. The molecule has 1 N–H and O–H groups in total. The Morgan fingerprint density at radius 3 is 2.52 bits per heavy atom. The highest BCUT2D eigenvalue weighted by atomic mass is 32.1. The van der Waals surface area contributed by atoms with Gasteiger partial charge in [-0.15, -0.1) is 11.3 Å². The summed E-state index contributed by atoms with van der Waals surface area (Å²) in [5, 5.41) is 4.72. The van der Waals surface area contributed by atoms with Crippen LogP contribution in [0.15, 0.2) is 57.4 Å². The van der Waals surface area contributed by atoms with Crippen LogP contribution in [0.2, 0.25) is 0 Å². The Balaban J connectivity index is 1.58. The van der Waals surface area contributed by atoms with Crippen molar-refractivity contribution in [3.8, 4) is 0 Å². The molecule has 3 heterocycles. The zero-order valence-corrected chi connectivity index (χ0v) is 17.9. The van der Waals surface area contributed by atoms with Gasteiger partial charge in [-0.05, 0) is 24.3 Å². The Hall–Kier alpha value is -3.80. The number of alkyl halides is 3. The Bertz CT molecular complexity index is 1460. The maximum Gasteiger partial charge on any atom is 0.433 e. The number of aryl methyl sites for hydroxylation is 1. The number of carbonyl (C=O) groups is 1. The van der Waals surface area contributed by atoms with E-state index in [4.69, 9.17) is 0 Å². The molecular formula is C21H16F3N5O3S. The molecular weight excluding hydrogens is 459 g/mol. The average molecular weight is 475 g/mol. The first kappa shape index (κ1) is 22.4. The van der Waals surface area contributed by atoms with Gasteiger partial charge < -0.3 is 5.32 Å². The van der Waals surface area contributed by atoms with Crippen LogP contribution in [0.1, 0.15) is 16.4 Å².